The van der Waals surface area contributed by atoms with Crippen LogP contribution in [0.4, 0.5) is 4.39 Å². The first-order chi connectivity index (χ1) is 9.08. The van der Waals surface area contributed by atoms with Crippen molar-refractivity contribution in [3.63, 3.8) is 0 Å². The zero-order valence-corrected chi connectivity index (χ0v) is 10.6. The SMILES string of the molecule is Cc1ccccc1/C(=C/C(N)=O)c1ccc(F)cc1. The van der Waals surface area contributed by atoms with Crippen LogP contribution < -0.4 is 5.73 Å². The molecule has 0 bridgehead atoms. The summed E-state index contributed by atoms with van der Waals surface area (Å²) < 4.78 is 13.0. The van der Waals surface area contributed by atoms with Gasteiger partial charge in [0.25, 0.3) is 0 Å². The van der Waals surface area contributed by atoms with E-state index in [2.05, 4.69) is 0 Å². The summed E-state index contributed by atoms with van der Waals surface area (Å²) in [7, 11) is 0. The summed E-state index contributed by atoms with van der Waals surface area (Å²) in [6.07, 6.45) is 1.37. The lowest BCUT2D eigenvalue weighted by Crippen LogP contribution is -2.08. The highest BCUT2D eigenvalue weighted by atomic mass is 19.1. The Morgan fingerprint density at radius 2 is 1.74 bits per heavy atom. The van der Waals surface area contributed by atoms with Gasteiger partial charge in [-0.3, -0.25) is 4.79 Å². The molecule has 3 heteroatoms. The Balaban J connectivity index is 2.58. The molecule has 0 aliphatic carbocycles. The van der Waals surface area contributed by atoms with E-state index in [-0.39, 0.29) is 5.82 Å². The number of hydrogen-bond acceptors (Lipinski definition) is 1. The lowest BCUT2D eigenvalue weighted by atomic mass is 9.94. The molecule has 2 nitrogen and oxygen atoms in total. The summed E-state index contributed by atoms with van der Waals surface area (Å²) in [6, 6.07) is 13.7. The van der Waals surface area contributed by atoms with Crippen LogP contribution in [-0.2, 0) is 4.79 Å². The first-order valence-electron chi connectivity index (χ1n) is 5.91. The molecule has 0 fully saturated rings. The number of carbonyl (C=O) groups excluding carboxylic acids is 1. The van der Waals surface area contributed by atoms with Gasteiger partial charge >= 0.3 is 0 Å². The number of primary amides is 1. The quantitative estimate of drug-likeness (QED) is 0.842. The average molecular weight is 255 g/mol. The fourth-order valence-corrected chi connectivity index (χ4v) is 1.96. The molecule has 2 N–H and O–H groups in total. The Bertz CT molecular complexity index is 629. The van der Waals surface area contributed by atoms with E-state index >= 15 is 0 Å². The molecule has 0 spiro atoms. The molecule has 0 aliphatic heterocycles. The Hall–Kier alpha value is -2.42. The molecule has 19 heavy (non-hydrogen) atoms. The lowest BCUT2D eigenvalue weighted by Gasteiger charge is -2.10. The number of halogens is 1. The number of carbonyl (C=O) groups is 1. The number of benzene rings is 2. The van der Waals surface area contributed by atoms with Gasteiger partial charge in [-0.05, 0) is 41.3 Å². The minimum absolute atomic E-state index is 0.313. The van der Waals surface area contributed by atoms with Crippen molar-refractivity contribution < 1.29 is 9.18 Å². The summed E-state index contributed by atoms with van der Waals surface area (Å²) in [5.41, 5.74) is 8.65. The Morgan fingerprint density at radius 1 is 1.11 bits per heavy atom. The van der Waals surface area contributed by atoms with Crippen molar-refractivity contribution in [1.29, 1.82) is 0 Å². The monoisotopic (exact) mass is 255 g/mol. The van der Waals surface area contributed by atoms with E-state index in [1.165, 1.54) is 18.2 Å². The van der Waals surface area contributed by atoms with E-state index in [1.807, 2.05) is 31.2 Å². The van der Waals surface area contributed by atoms with Crippen LogP contribution in [0.3, 0.4) is 0 Å². The van der Waals surface area contributed by atoms with Gasteiger partial charge in [0.1, 0.15) is 5.82 Å². The minimum atomic E-state index is -0.525. The third-order valence-electron chi connectivity index (χ3n) is 2.88. The molecular formula is C16H14FNO. The van der Waals surface area contributed by atoms with E-state index < -0.39 is 5.91 Å². The van der Waals surface area contributed by atoms with Gasteiger partial charge in [-0.15, -0.1) is 0 Å². The standard InChI is InChI=1S/C16H14FNO/c1-11-4-2-3-5-14(11)15(10-16(18)19)12-6-8-13(17)9-7-12/h2-10H,1H3,(H2,18,19)/b15-10+. The van der Waals surface area contributed by atoms with Crippen molar-refractivity contribution in [3.8, 4) is 0 Å². The summed E-state index contributed by atoms with van der Waals surface area (Å²) in [6.45, 7) is 1.95. The normalized spacial score (nSPS) is 11.4. The van der Waals surface area contributed by atoms with Crippen LogP contribution in [0.5, 0.6) is 0 Å². The molecule has 0 radical (unpaired) electrons. The van der Waals surface area contributed by atoms with Crippen molar-refractivity contribution in [2.75, 3.05) is 0 Å². The molecule has 2 rings (SSSR count). The van der Waals surface area contributed by atoms with Gasteiger partial charge in [0.15, 0.2) is 0 Å². The molecule has 0 saturated carbocycles. The third-order valence-corrected chi connectivity index (χ3v) is 2.88. The second-order valence-electron chi connectivity index (χ2n) is 4.28. The molecule has 1 amide bonds. The molecule has 0 unspecified atom stereocenters. The second kappa shape index (κ2) is 5.48. The predicted octanol–water partition coefficient (Wildman–Crippen LogP) is 3.05. The fourth-order valence-electron chi connectivity index (χ4n) is 1.96. The highest BCUT2D eigenvalue weighted by molar-refractivity contribution is 5.98. The van der Waals surface area contributed by atoms with Crippen LogP contribution in [-0.4, -0.2) is 5.91 Å². The maximum Gasteiger partial charge on any atom is 0.242 e. The van der Waals surface area contributed by atoms with Gasteiger partial charge in [0, 0.05) is 6.08 Å². The molecular weight excluding hydrogens is 241 g/mol. The summed E-state index contributed by atoms with van der Waals surface area (Å²) in [5.74, 6) is -0.838. The van der Waals surface area contributed by atoms with Crippen LogP contribution >= 0.6 is 0 Å². The molecule has 0 atom stereocenters. The zero-order valence-electron chi connectivity index (χ0n) is 10.6. The molecule has 0 aliphatic rings. The van der Waals surface area contributed by atoms with Gasteiger partial charge in [0.05, 0.1) is 0 Å². The van der Waals surface area contributed by atoms with E-state index in [0.29, 0.717) is 5.57 Å². The van der Waals surface area contributed by atoms with Crippen LogP contribution in [0.25, 0.3) is 5.57 Å². The van der Waals surface area contributed by atoms with Crippen molar-refractivity contribution in [3.05, 3.63) is 77.1 Å². The van der Waals surface area contributed by atoms with E-state index in [9.17, 15) is 9.18 Å². The Kier molecular flexibility index (Phi) is 3.76. The number of aryl methyl sites for hydroxylation is 1. The summed E-state index contributed by atoms with van der Waals surface area (Å²) in [4.78, 5) is 11.2. The molecule has 2 aromatic rings. The van der Waals surface area contributed by atoms with Crippen molar-refractivity contribution >= 4 is 11.5 Å². The van der Waals surface area contributed by atoms with Gasteiger partial charge in [0.2, 0.25) is 5.91 Å². The first kappa shape index (κ1) is 13.0. The summed E-state index contributed by atoms with van der Waals surface area (Å²) >= 11 is 0. The topological polar surface area (TPSA) is 43.1 Å². The Morgan fingerprint density at radius 3 is 2.32 bits per heavy atom. The fraction of sp³-hybridized carbons (Fsp3) is 0.0625. The van der Waals surface area contributed by atoms with E-state index in [1.54, 1.807) is 12.1 Å². The number of amides is 1. The number of hydrogen-bond donors (Lipinski definition) is 1. The van der Waals surface area contributed by atoms with Crippen LogP contribution in [0.1, 0.15) is 16.7 Å². The maximum atomic E-state index is 13.0. The highest BCUT2D eigenvalue weighted by Crippen LogP contribution is 2.26. The zero-order chi connectivity index (χ0) is 13.8. The molecule has 96 valence electrons. The van der Waals surface area contributed by atoms with Crippen molar-refractivity contribution in [2.24, 2.45) is 5.73 Å². The van der Waals surface area contributed by atoms with Crippen LogP contribution in [0.2, 0.25) is 0 Å². The van der Waals surface area contributed by atoms with E-state index in [4.69, 9.17) is 5.73 Å². The Labute approximate surface area is 111 Å². The van der Waals surface area contributed by atoms with E-state index in [0.717, 1.165) is 16.7 Å². The first-order valence-corrected chi connectivity index (χ1v) is 5.91. The lowest BCUT2D eigenvalue weighted by molar-refractivity contribution is -0.113. The number of nitrogens with two attached hydrogens (primary N) is 1. The van der Waals surface area contributed by atoms with Gasteiger partial charge < -0.3 is 5.73 Å². The molecule has 0 saturated heterocycles. The van der Waals surface area contributed by atoms with Crippen molar-refractivity contribution in [1.82, 2.24) is 0 Å². The second-order valence-corrected chi connectivity index (χ2v) is 4.28. The summed E-state index contributed by atoms with van der Waals surface area (Å²) in [5, 5.41) is 0. The molecule has 0 heterocycles. The van der Waals surface area contributed by atoms with Crippen molar-refractivity contribution in [2.45, 2.75) is 6.92 Å². The van der Waals surface area contributed by atoms with Crippen LogP contribution in [0, 0.1) is 12.7 Å². The largest absolute Gasteiger partial charge is 0.366 e. The smallest absolute Gasteiger partial charge is 0.242 e. The third kappa shape index (κ3) is 3.07. The predicted molar refractivity (Wildman–Crippen MR) is 73.9 cm³/mol. The van der Waals surface area contributed by atoms with Gasteiger partial charge in [-0.2, -0.15) is 0 Å². The highest BCUT2D eigenvalue weighted by Gasteiger charge is 2.09. The average Bonchev–Trinajstić information content (AvgIpc) is 2.38. The number of rotatable bonds is 3. The molecule has 0 aromatic heterocycles. The molecule has 2 aromatic carbocycles. The van der Waals surface area contributed by atoms with Gasteiger partial charge in [-0.1, -0.05) is 36.4 Å². The van der Waals surface area contributed by atoms with Gasteiger partial charge in [-0.25, -0.2) is 4.39 Å². The minimum Gasteiger partial charge on any atom is -0.366 e. The maximum absolute atomic E-state index is 13.0. The van der Waals surface area contributed by atoms with Crippen LogP contribution in [0.15, 0.2) is 54.6 Å².